The summed E-state index contributed by atoms with van der Waals surface area (Å²) < 4.78 is 18.7. The third kappa shape index (κ3) is 5.39. The van der Waals surface area contributed by atoms with Crippen LogP contribution in [0.3, 0.4) is 0 Å². The first-order valence-electron chi connectivity index (χ1n) is 10.3. The number of thiocarbonyl (C=S) groups is 1. The number of benzene rings is 2. The Morgan fingerprint density at radius 2 is 2.12 bits per heavy atom. The van der Waals surface area contributed by atoms with Gasteiger partial charge in [0.2, 0.25) is 0 Å². The highest BCUT2D eigenvalue weighted by atomic mass is 79.9. The van der Waals surface area contributed by atoms with Crippen molar-refractivity contribution in [3.63, 3.8) is 0 Å². The molecular formula is C24H22BrClO4S2. The summed E-state index contributed by atoms with van der Waals surface area (Å²) in [5, 5.41) is 0.650. The van der Waals surface area contributed by atoms with Crippen molar-refractivity contribution in [3.05, 3.63) is 61.9 Å². The molecule has 0 bridgehead atoms. The van der Waals surface area contributed by atoms with E-state index < -0.39 is 0 Å². The van der Waals surface area contributed by atoms with E-state index in [2.05, 4.69) is 15.9 Å². The molecule has 0 unspecified atom stereocenters. The summed E-state index contributed by atoms with van der Waals surface area (Å²) in [4.78, 5) is 13.7. The van der Waals surface area contributed by atoms with Crippen LogP contribution in [0.15, 0.2) is 45.8 Å². The van der Waals surface area contributed by atoms with Crippen molar-refractivity contribution < 1.29 is 19.0 Å². The summed E-state index contributed by atoms with van der Waals surface area (Å²) in [7, 11) is 1.59. The molecule has 2 saturated heterocycles. The van der Waals surface area contributed by atoms with Crippen LogP contribution in [0.25, 0.3) is 6.08 Å². The fourth-order valence-corrected chi connectivity index (χ4v) is 5.84. The molecule has 2 aromatic rings. The Labute approximate surface area is 210 Å². The third-order valence-electron chi connectivity index (χ3n) is 5.49. The number of carbonyl (C=O) groups excluding carboxylic acids is 1. The summed E-state index contributed by atoms with van der Waals surface area (Å²) in [5.74, 6) is 0.961. The van der Waals surface area contributed by atoms with E-state index in [9.17, 15) is 4.79 Å². The first kappa shape index (κ1) is 23.8. The molecule has 2 atom stereocenters. The Morgan fingerprint density at radius 1 is 1.31 bits per heavy atom. The van der Waals surface area contributed by atoms with E-state index >= 15 is 0 Å². The second-order valence-electron chi connectivity index (χ2n) is 7.62. The number of rotatable bonds is 7. The van der Waals surface area contributed by atoms with Gasteiger partial charge in [0.05, 0.1) is 28.2 Å². The molecule has 168 valence electrons. The highest BCUT2D eigenvalue weighted by Gasteiger charge is 2.37. The second-order valence-corrected chi connectivity index (χ2v) is 10.7. The number of hydrogen-bond acceptors (Lipinski definition) is 6. The van der Waals surface area contributed by atoms with Crippen LogP contribution < -0.4 is 9.47 Å². The molecule has 8 heteroatoms. The lowest BCUT2D eigenvalue weighted by Gasteiger charge is -2.14. The van der Waals surface area contributed by atoms with E-state index in [1.54, 1.807) is 7.11 Å². The van der Waals surface area contributed by atoms with Gasteiger partial charge in [0.1, 0.15) is 6.61 Å². The molecule has 2 aliphatic rings. The van der Waals surface area contributed by atoms with Gasteiger partial charge in [0, 0.05) is 21.7 Å². The summed E-state index contributed by atoms with van der Waals surface area (Å²) in [5.41, 5.74) is 1.71. The average Bonchev–Trinajstić information content (AvgIpc) is 3.39. The van der Waals surface area contributed by atoms with E-state index in [-0.39, 0.29) is 17.8 Å². The molecule has 2 fully saturated rings. The minimum Gasteiger partial charge on any atom is -0.493 e. The molecule has 0 spiro atoms. The molecule has 0 N–H and O–H groups in total. The summed E-state index contributed by atoms with van der Waals surface area (Å²) in [6, 6.07) is 11.2. The van der Waals surface area contributed by atoms with Crippen LogP contribution in [0.1, 0.15) is 30.4 Å². The minimum atomic E-state index is -0.261. The maximum absolute atomic E-state index is 13.0. The van der Waals surface area contributed by atoms with Gasteiger partial charge < -0.3 is 14.2 Å². The third-order valence-corrected chi connectivity index (χ3v) is 8.10. The Balaban J connectivity index is 1.52. The van der Waals surface area contributed by atoms with Crippen molar-refractivity contribution in [2.75, 3.05) is 13.7 Å². The second kappa shape index (κ2) is 10.7. The summed E-state index contributed by atoms with van der Waals surface area (Å²) in [6.45, 7) is 1.09. The van der Waals surface area contributed by atoms with Crippen molar-refractivity contribution in [1.29, 1.82) is 0 Å². The lowest BCUT2D eigenvalue weighted by molar-refractivity contribution is -0.117. The van der Waals surface area contributed by atoms with Gasteiger partial charge >= 0.3 is 0 Å². The standard InChI is InChI=1S/C24H22BrClO4S2/c1-28-20-9-15(18(25)12-21(20)30-13-14-5-2-3-7-19(14)26)10-22-23(27)17(24(31)32-22)11-16-6-4-8-29-16/h2-3,5,7,9-10,12,16-17H,4,6,8,11,13H2,1H3/b22-10-/t16-,17+/m1/s1. The molecule has 0 saturated carbocycles. The fourth-order valence-electron chi connectivity index (χ4n) is 3.75. The first-order valence-corrected chi connectivity index (χ1v) is 12.7. The van der Waals surface area contributed by atoms with E-state index in [4.69, 9.17) is 38.0 Å². The fraction of sp³-hybridized carbons (Fsp3) is 0.333. The van der Waals surface area contributed by atoms with E-state index in [1.165, 1.54) is 11.8 Å². The lowest BCUT2D eigenvalue weighted by atomic mass is 9.96. The van der Waals surface area contributed by atoms with Gasteiger partial charge in [-0.3, -0.25) is 4.79 Å². The van der Waals surface area contributed by atoms with E-state index in [0.717, 1.165) is 39.2 Å². The smallest absolute Gasteiger partial charge is 0.178 e. The molecule has 2 aliphatic heterocycles. The highest BCUT2D eigenvalue weighted by molar-refractivity contribution is 9.10. The maximum Gasteiger partial charge on any atom is 0.178 e. The zero-order valence-corrected chi connectivity index (χ0v) is 21.4. The Kier molecular flexibility index (Phi) is 7.95. The van der Waals surface area contributed by atoms with Crippen LogP contribution in [0.5, 0.6) is 11.5 Å². The number of Topliss-reactive ketones (excluding diaryl/α,β-unsaturated/α-hetero) is 1. The van der Waals surface area contributed by atoms with Crippen LogP contribution >= 0.6 is 51.5 Å². The van der Waals surface area contributed by atoms with Gasteiger partial charge in [0.25, 0.3) is 0 Å². The van der Waals surface area contributed by atoms with Crippen LogP contribution in [0, 0.1) is 5.92 Å². The summed E-state index contributed by atoms with van der Waals surface area (Å²) >= 11 is 16.7. The monoisotopic (exact) mass is 552 g/mol. The molecule has 0 amide bonds. The molecule has 32 heavy (non-hydrogen) atoms. The zero-order chi connectivity index (χ0) is 22.7. The van der Waals surface area contributed by atoms with E-state index in [0.29, 0.717) is 34.5 Å². The van der Waals surface area contributed by atoms with Gasteiger partial charge in [-0.25, -0.2) is 0 Å². The highest BCUT2D eigenvalue weighted by Crippen LogP contribution is 2.42. The van der Waals surface area contributed by atoms with Gasteiger partial charge in [0.15, 0.2) is 17.3 Å². The van der Waals surface area contributed by atoms with Crippen molar-refractivity contribution in [3.8, 4) is 11.5 Å². The SMILES string of the molecule is COc1cc(/C=C2\SC(=S)[C@@H](C[C@H]3CCCO3)C2=O)c(Br)cc1OCc1ccccc1Cl. The van der Waals surface area contributed by atoms with Crippen LogP contribution in [0.2, 0.25) is 5.02 Å². The number of carbonyl (C=O) groups is 1. The molecule has 4 rings (SSSR count). The lowest BCUT2D eigenvalue weighted by Crippen LogP contribution is -2.20. The first-order chi connectivity index (χ1) is 15.5. The van der Waals surface area contributed by atoms with Crippen molar-refractivity contribution >= 4 is 67.6 Å². The topological polar surface area (TPSA) is 44.8 Å². The van der Waals surface area contributed by atoms with Crippen LogP contribution in [-0.2, 0) is 16.1 Å². The average molecular weight is 554 g/mol. The molecule has 4 nitrogen and oxygen atoms in total. The van der Waals surface area contributed by atoms with Gasteiger partial charge in [-0.2, -0.15) is 0 Å². The van der Waals surface area contributed by atoms with Crippen molar-refractivity contribution in [2.24, 2.45) is 5.92 Å². The number of thioether (sulfide) groups is 1. The Morgan fingerprint density at radius 3 is 2.84 bits per heavy atom. The number of allylic oxidation sites excluding steroid dienone is 1. The molecule has 0 aromatic heterocycles. The van der Waals surface area contributed by atoms with Crippen molar-refractivity contribution in [2.45, 2.75) is 32.0 Å². The van der Waals surface area contributed by atoms with Gasteiger partial charge in [-0.15, -0.1) is 0 Å². The molecule has 2 heterocycles. The normalized spacial score (nSPS) is 22.0. The van der Waals surface area contributed by atoms with E-state index in [1.807, 2.05) is 42.5 Å². The van der Waals surface area contributed by atoms with Gasteiger partial charge in [-0.1, -0.05) is 69.7 Å². The molecule has 0 aliphatic carbocycles. The van der Waals surface area contributed by atoms with Crippen LogP contribution in [-0.4, -0.2) is 29.8 Å². The number of halogens is 2. The molecular weight excluding hydrogens is 532 g/mol. The number of methoxy groups -OCH3 is 1. The predicted octanol–water partition coefficient (Wildman–Crippen LogP) is 6.86. The number of ether oxygens (including phenoxy) is 3. The number of hydrogen-bond donors (Lipinski definition) is 0. The Hall–Kier alpha value is -1.38. The quantitative estimate of drug-likeness (QED) is 0.276. The summed E-state index contributed by atoms with van der Waals surface area (Å²) in [6.07, 6.45) is 4.70. The predicted molar refractivity (Wildman–Crippen MR) is 137 cm³/mol. The van der Waals surface area contributed by atoms with Crippen molar-refractivity contribution in [1.82, 2.24) is 0 Å². The zero-order valence-electron chi connectivity index (χ0n) is 17.4. The van der Waals surface area contributed by atoms with Gasteiger partial charge in [-0.05, 0) is 49.1 Å². The minimum absolute atomic E-state index is 0.0698. The van der Waals surface area contributed by atoms with Crippen LogP contribution in [0.4, 0.5) is 0 Å². The number of ketones is 1. The molecule has 0 radical (unpaired) electrons. The Bertz CT molecular complexity index is 1070. The molecule has 2 aromatic carbocycles. The largest absolute Gasteiger partial charge is 0.493 e. The maximum atomic E-state index is 13.0.